The lowest BCUT2D eigenvalue weighted by atomic mass is 10.0. The van der Waals surface area contributed by atoms with E-state index in [1.54, 1.807) is 12.1 Å². The number of hydrogen-bond acceptors (Lipinski definition) is 1. The van der Waals surface area contributed by atoms with Crippen molar-refractivity contribution < 1.29 is 4.39 Å². The summed E-state index contributed by atoms with van der Waals surface area (Å²) >= 11 is 3.39. The summed E-state index contributed by atoms with van der Waals surface area (Å²) in [6.07, 6.45) is 7.00. The van der Waals surface area contributed by atoms with Crippen LogP contribution in [0.2, 0.25) is 0 Å². The molecule has 1 N–H and O–H groups in total. The van der Waals surface area contributed by atoms with Crippen molar-refractivity contribution >= 4 is 15.9 Å². The average Bonchev–Trinajstić information content (AvgIpc) is 2.59. The van der Waals surface area contributed by atoms with E-state index >= 15 is 0 Å². The van der Waals surface area contributed by atoms with Crippen LogP contribution in [-0.2, 0) is 6.42 Å². The van der Waals surface area contributed by atoms with Crippen molar-refractivity contribution in [3.8, 4) is 0 Å². The summed E-state index contributed by atoms with van der Waals surface area (Å²) < 4.78 is 14.5. The number of hydrogen-bond donors (Lipinski definition) is 1. The summed E-state index contributed by atoms with van der Waals surface area (Å²) in [7, 11) is 0. The largest absolute Gasteiger partial charge is 0.314 e. The second kappa shape index (κ2) is 6.50. The van der Waals surface area contributed by atoms with E-state index in [9.17, 15) is 4.39 Å². The molecule has 1 unspecified atom stereocenters. The van der Waals surface area contributed by atoms with Crippen LogP contribution >= 0.6 is 15.9 Å². The zero-order chi connectivity index (χ0) is 12.1. The summed E-state index contributed by atoms with van der Waals surface area (Å²) in [5.41, 5.74) is 0.824. The number of nitrogens with one attached hydrogen (secondary N) is 1. The van der Waals surface area contributed by atoms with Crippen molar-refractivity contribution in [2.45, 2.75) is 44.6 Å². The Morgan fingerprint density at radius 1 is 1.29 bits per heavy atom. The van der Waals surface area contributed by atoms with Crippen molar-refractivity contribution in [2.24, 2.45) is 0 Å². The molecule has 0 spiro atoms. The van der Waals surface area contributed by atoms with Gasteiger partial charge in [0.05, 0.1) is 0 Å². The molecule has 0 radical (unpaired) electrons. The van der Waals surface area contributed by atoms with Gasteiger partial charge in [-0.3, -0.25) is 0 Å². The summed E-state index contributed by atoms with van der Waals surface area (Å²) in [5.74, 6) is -0.0816. The smallest absolute Gasteiger partial charge is 0.126 e. The van der Waals surface area contributed by atoms with E-state index in [2.05, 4.69) is 21.2 Å². The van der Waals surface area contributed by atoms with Gasteiger partial charge < -0.3 is 5.32 Å². The molecule has 0 saturated carbocycles. The Hall–Kier alpha value is -0.410. The Morgan fingerprint density at radius 2 is 2.18 bits per heavy atom. The molecule has 1 aliphatic heterocycles. The highest BCUT2D eigenvalue weighted by Crippen LogP contribution is 2.19. The minimum absolute atomic E-state index is 0.0816. The maximum absolute atomic E-state index is 13.6. The van der Waals surface area contributed by atoms with Gasteiger partial charge in [-0.25, -0.2) is 4.39 Å². The molecular weight excluding hydrogens is 281 g/mol. The van der Waals surface area contributed by atoms with E-state index in [4.69, 9.17) is 0 Å². The van der Waals surface area contributed by atoms with Crippen LogP contribution in [0.3, 0.4) is 0 Å². The minimum atomic E-state index is -0.0816. The van der Waals surface area contributed by atoms with Crippen molar-refractivity contribution in [1.82, 2.24) is 5.32 Å². The molecule has 1 aromatic carbocycles. The van der Waals surface area contributed by atoms with Crippen molar-refractivity contribution in [3.05, 3.63) is 34.1 Å². The molecule has 0 amide bonds. The second-order valence-corrected chi connectivity index (χ2v) is 5.69. The Balaban J connectivity index is 1.89. The van der Waals surface area contributed by atoms with Gasteiger partial charge in [-0.15, -0.1) is 0 Å². The molecule has 1 fully saturated rings. The van der Waals surface area contributed by atoms with E-state index in [-0.39, 0.29) is 5.82 Å². The third-order valence-corrected chi connectivity index (χ3v) is 3.93. The Kier molecular flexibility index (Phi) is 4.99. The zero-order valence-corrected chi connectivity index (χ0v) is 11.6. The van der Waals surface area contributed by atoms with Crippen LogP contribution < -0.4 is 5.32 Å². The molecule has 0 aromatic heterocycles. The van der Waals surface area contributed by atoms with Gasteiger partial charge in [0, 0.05) is 10.5 Å². The van der Waals surface area contributed by atoms with E-state index in [0.717, 1.165) is 29.4 Å². The molecule has 3 heteroatoms. The predicted octanol–water partition coefficient (Wildman–Crippen LogP) is 4.05. The summed E-state index contributed by atoms with van der Waals surface area (Å²) in [5, 5.41) is 3.55. The quantitative estimate of drug-likeness (QED) is 0.888. The van der Waals surface area contributed by atoms with Gasteiger partial charge in [-0.05, 0) is 56.0 Å². The maximum atomic E-state index is 13.6. The Morgan fingerprint density at radius 3 is 3.06 bits per heavy atom. The SMILES string of the molecule is Fc1ccc(Br)cc1CCC1CCCCCN1. The number of aryl methyl sites for hydroxylation is 1. The van der Waals surface area contributed by atoms with Gasteiger partial charge in [0.1, 0.15) is 5.82 Å². The van der Waals surface area contributed by atoms with E-state index in [1.807, 2.05) is 6.07 Å². The van der Waals surface area contributed by atoms with Crippen molar-refractivity contribution in [3.63, 3.8) is 0 Å². The Bertz CT molecular complexity index is 359. The first-order valence-electron chi connectivity index (χ1n) is 6.43. The minimum Gasteiger partial charge on any atom is -0.314 e. The van der Waals surface area contributed by atoms with E-state index in [0.29, 0.717) is 6.04 Å². The van der Waals surface area contributed by atoms with Crippen LogP contribution in [0.5, 0.6) is 0 Å². The third kappa shape index (κ3) is 4.07. The third-order valence-electron chi connectivity index (χ3n) is 3.43. The first-order valence-corrected chi connectivity index (χ1v) is 7.22. The average molecular weight is 300 g/mol. The van der Waals surface area contributed by atoms with Crippen LogP contribution in [0.1, 0.15) is 37.7 Å². The first-order chi connectivity index (χ1) is 8.25. The van der Waals surface area contributed by atoms with Crippen molar-refractivity contribution in [1.29, 1.82) is 0 Å². The van der Waals surface area contributed by atoms with E-state index < -0.39 is 0 Å². The molecule has 0 aliphatic carbocycles. The first kappa shape index (κ1) is 13.0. The van der Waals surface area contributed by atoms with Crippen molar-refractivity contribution in [2.75, 3.05) is 6.54 Å². The van der Waals surface area contributed by atoms with Crippen LogP contribution in [0.15, 0.2) is 22.7 Å². The zero-order valence-electron chi connectivity index (χ0n) is 10.0. The molecule has 1 saturated heterocycles. The Labute approximate surface area is 111 Å². The topological polar surface area (TPSA) is 12.0 Å². The van der Waals surface area contributed by atoms with Gasteiger partial charge in [0.25, 0.3) is 0 Å². The van der Waals surface area contributed by atoms with Crippen LogP contribution in [0.4, 0.5) is 4.39 Å². The molecule has 17 heavy (non-hydrogen) atoms. The number of halogens is 2. The lowest BCUT2D eigenvalue weighted by Gasteiger charge is -2.15. The monoisotopic (exact) mass is 299 g/mol. The molecule has 1 heterocycles. The lowest BCUT2D eigenvalue weighted by molar-refractivity contribution is 0.473. The highest BCUT2D eigenvalue weighted by atomic mass is 79.9. The summed E-state index contributed by atoms with van der Waals surface area (Å²) in [6, 6.07) is 5.75. The number of benzene rings is 1. The fourth-order valence-electron chi connectivity index (χ4n) is 2.41. The molecule has 1 aliphatic rings. The van der Waals surface area contributed by atoms with Gasteiger partial charge in [-0.1, -0.05) is 28.8 Å². The normalized spacial score (nSPS) is 21.2. The van der Waals surface area contributed by atoms with Crippen LogP contribution in [0.25, 0.3) is 0 Å². The standard InChI is InChI=1S/C14H19BrFN/c15-12-6-8-14(16)11(10-12)5-7-13-4-2-1-3-9-17-13/h6,8,10,13,17H,1-5,7,9H2. The van der Waals surface area contributed by atoms with Gasteiger partial charge in [0.15, 0.2) is 0 Å². The molecule has 0 bridgehead atoms. The van der Waals surface area contributed by atoms with E-state index in [1.165, 1.54) is 25.7 Å². The lowest BCUT2D eigenvalue weighted by Crippen LogP contribution is -2.28. The molecule has 2 rings (SSSR count). The predicted molar refractivity (Wildman–Crippen MR) is 72.7 cm³/mol. The summed E-state index contributed by atoms with van der Waals surface area (Å²) in [6.45, 7) is 1.12. The molecule has 1 nitrogen and oxygen atoms in total. The number of rotatable bonds is 3. The molecule has 1 aromatic rings. The molecular formula is C14H19BrFN. The molecule has 94 valence electrons. The second-order valence-electron chi connectivity index (χ2n) is 4.77. The summed E-state index contributed by atoms with van der Waals surface area (Å²) in [4.78, 5) is 0. The van der Waals surface area contributed by atoms with Gasteiger partial charge >= 0.3 is 0 Å². The van der Waals surface area contributed by atoms with Crippen LogP contribution in [-0.4, -0.2) is 12.6 Å². The molecule has 1 atom stereocenters. The fourth-order valence-corrected chi connectivity index (χ4v) is 2.82. The van der Waals surface area contributed by atoms with Gasteiger partial charge in [0.2, 0.25) is 0 Å². The highest BCUT2D eigenvalue weighted by molar-refractivity contribution is 9.10. The van der Waals surface area contributed by atoms with Crippen LogP contribution in [0, 0.1) is 5.82 Å². The maximum Gasteiger partial charge on any atom is 0.126 e. The highest BCUT2D eigenvalue weighted by Gasteiger charge is 2.12. The van der Waals surface area contributed by atoms with Gasteiger partial charge in [-0.2, -0.15) is 0 Å². The fraction of sp³-hybridized carbons (Fsp3) is 0.571.